The zero-order valence-electron chi connectivity index (χ0n) is 11.3. The first-order valence-corrected chi connectivity index (χ1v) is 6.07. The fourth-order valence-electron chi connectivity index (χ4n) is 1.36. The molecule has 1 rings (SSSR count). The lowest BCUT2D eigenvalue weighted by Crippen LogP contribution is -2.36. The summed E-state index contributed by atoms with van der Waals surface area (Å²) in [5.41, 5.74) is 0.901. The maximum Gasteiger partial charge on any atom is 0.328 e. The predicted molar refractivity (Wildman–Crippen MR) is 72.7 cm³/mol. The molecule has 1 aromatic heterocycles. The van der Waals surface area contributed by atoms with Crippen LogP contribution >= 0.6 is 0 Å². The quantitative estimate of drug-likeness (QED) is 0.795. The zero-order chi connectivity index (χ0) is 14.4. The Balaban J connectivity index is 2.94. The minimum absolute atomic E-state index is 0.0389. The number of carboxylic acids is 1. The molecule has 2 N–H and O–H groups in total. The lowest BCUT2D eigenvalue weighted by atomic mass is 10.0. The van der Waals surface area contributed by atoms with Gasteiger partial charge in [-0.05, 0) is 25.0 Å². The van der Waals surface area contributed by atoms with Crippen molar-refractivity contribution in [2.75, 3.05) is 0 Å². The van der Waals surface area contributed by atoms with Crippen LogP contribution in [0.1, 0.15) is 36.7 Å². The monoisotopic (exact) mass is 262 g/mol. The average Bonchev–Trinajstić information content (AvgIpc) is 2.36. The highest BCUT2D eigenvalue weighted by atomic mass is 16.4. The third kappa shape index (κ3) is 4.54. The number of rotatable bonds is 5. The number of amides is 1. The van der Waals surface area contributed by atoms with E-state index < -0.39 is 5.97 Å². The zero-order valence-corrected chi connectivity index (χ0v) is 11.3. The van der Waals surface area contributed by atoms with Crippen LogP contribution in [0.3, 0.4) is 0 Å². The molecule has 5 heteroatoms. The number of pyridine rings is 1. The number of carbonyl (C=O) groups excluding carboxylic acids is 1. The normalized spacial score (nSPS) is 12.6. The van der Waals surface area contributed by atoms with Gasteiger partial charge in [-0.25, -0.2) is 4.79 Å². The Bertz CT molecular complexity index is 495. The maximum absolute atomic E-state index is 12.1. The molecule has 0 aliphatic rings. The van der Waals surface area contributed by atoms with Gasteiger partial charge in [0.2, 0.25) is 0 Å². The predicted octanol–water partition coefficient (Wildman–Crippen LogP) is 1.95. The van der Waals surface area contributed by atoms with Gasteiger partial charge in [-0.1, -0.05) is 13.8 Å². The Hall–Kier alpha value is -2.17. The summed E-state index contributed by atoms with van der Waals surface area (Å²) in [6, 6.07) is 1.61. The molecule has 1 heterocycles. The number of carboxylic acid groups (broad SMARTS) is 1. The van der Waals surface area contributed by atoms with E-state index in [4.69, 9.17) is 5.11 Å². The highest BCUT2D eigenvalue weighted by Crippen LogP contribution is 2.10. The van der Waals surface area contributed by atoms with E-state index in [0.717, 1.165) is 6.08 Å². The van der Waals surface area contributed by atoms with Crippen molar-refractivity contribution >= 4 is 18.0 Å². The molecule has 1 atom stereocenters. The highest BCUT2D eigenvalue weighted by Gasteiger charge is 2.14. The van der Waals surface area contributed by atoms with Crippen molar-refractivity contribution in [3.05, 3.63) is 35.7 Å². The van der Waals surface area contributed by atoms with Crippen molar-refractivity contribution in [3.63, 3.8) is 0 Å². The van der Waals surface area contributed by atoms with Crippen LogP contribution in [0.4, 0.5) is 0 Å². The Morgan fingerprint density at radius 2 is 2.05 bits per heavy atom. The molecule has 19 heavy (non-hydrogen) atoms. The number of carbonyl (C=O) groups is 2. The van der Waals surface area contributed by atoms with Crippen molar-refractivity contribution in [2.24, 2.45) is 5.92 Å². The maximum atomic E-state index is 12.1. The number of aliphatic carboxylic acids is 1. The van der Waals surface area contributed by atoms with Crippen molar-refractivity contribution in [3.8, 4) is 0 Å². The second kappa shape index (κ2) is 6.68. The fourth-order valence-corrected chi connectivity index (χ4v) is 1.36. The van der Waals surface area contributed by atoms with Crippen LogP contribution < -0.4 is 5.32 Å². The van der Waals surface area contributed by atoms with Gasteiger partial charge in [0.1, 0.15) is 0 Å². The molecular weight excluding hydrogens is 244 g/mol. The minimum Gasteiger partial charge on any atom is -0.478 e. The lowest BCUT2D eigenvalue weighted by Gasteiger charge is -2.18. The van der Waals surface area contributed by atoms with Gasteiger partial charge >= 0.3 is 5.97 Å². The number of nitrogens with one attached hydrogen (secondary N) is 1. The van der Waals surface area contributed by atoms with Gasteiger partial charge in [0.25, 0.3) is 5.91 Å². The molecule has 102 valence electrons. The van der Waals surface area contributed by atoms with Crippen LogP contribution in [-0.2, 0) is 4.79 Å². The molecule has 0 spiro atoms. The number of nitrogens with zero attached hydrogens (tertiary/aromatic N) is 1. The van der Waals surface area contributed by atoms with Crippen molar-refractivity contribution < 1.29 is 14.7 Å². The number of hydrogen-bond acceptors (Lipinski definition) is 3. The molecule has 0 radical (unpaired) electrons. The molecule has 0 saturated carbocycles. The second-order valence-corrected chi connectivity index (χ2v) is 4.64. The van der Waals surface area contributed by atoms with Gasteiger partial charge in [-0.2, -0.15) is 0 Å². The summed E-state index contributed by atoms with van der Waals surface area (Å²) in [7, 11) is 0. The second-order valence-electron chi connectivity index (χ2n) is 4.64. The summed E-state index contributed by atoms with van der Waals surface area (Å²) >= 11 is 0. The van der Waals surface area contributed by atoms with Gasteiger partial charge in [0.15, 0.2) is 0 Å². The molecule has 0 aromatic carbocycles. The summed E-state index contributed by atoms with van der Waals surface area (Å²) in [4.78, 5) is 26.5. The Morgan fingerprint density at radius 3 is 2.63 bits per heavy atom. The summed E-state index contributed by atoms with van der Waals surface area (Å²) in [6.07, 6.45) is 5.32. The third-order valence-corrected chi connectivity index (χ3v) is 2.86. The lowest BCUT2D eigenvalue weighted by molar-refractivity contribution is -0.131. The third-order valence-electron chi connectivity index (χ3n) is 2.86. The molecule has 0 aliphatic heterocycles. The first-order valence-electron chi connectivity index (χ1n) is 6.07. The van der Waals surface area contributed by atoms with Crippen LogP contribution in [0, 0.1) is 5.92 Å². The molecule has 0 saturated heterocycles. The smallest absolute Gasteiger partial charge is 0.328 e. The van der Waals surface area contributed by atoms with Gasteiger partial charge in [0, 0.05) is 35.6 Å². The largest absolute Gasteiger partial charge is 0.478 e. The van der Waals surface area contributed by atoms with E-state index in [-0.39, 0.29) is 11.9 Å². The van der Waals surface area contributed by atoms with Gasteiger partial charge in [-0.3, -0.25) is 9.78 Å². The summed E-state index contributed by atoms with van der Waals surface area (Å²) in [5.74, 6) is -0.969. The van der Waals surface area contributed by atoms with E-state index in [1.807, 2.05) is 20.8 Å². The van der Waals surface area contributed by atoms with E-state index >= 15 is 0 Å². The van der Waals surface area contributed by atoms with Gasteiger partial charge in [-0.15, -0.1) is 0 Å². The van der Waals surface area contributed by atoms with E-state index in [1.54, 1.807) is 6.07 Å². The van der Waals surface area contributed by atoms with E-state index in [0.29, 0.717) is 17.0 Å². The Kier molecular flexibility index (Phi) is 5.23. The minimum atomic E-state index is -1.06. The molecule has 1 unspecified atom stereocenters. The standard InChI is InChI=1S/C14H18N2O3/c1-9(2)10(3)16-14(19)12-6-7-15-8-11(12)4-5-13(17)18/h4-10H,1-3H3,(H,16,19)(H,17,18). The Morgan fingerprint density at radius 1 is 1.37 bits per heavy atom. The van der Waals surface area contributed by atoms with Crippen molar-refractivity contribution in [2.45, 2.75) is 26.8 Å². The average molecular weight is 262 g/mol. The topological polar surface area (TPSA) is 79.3 Å². The molecule has 0 aliphatic carbocycles. The molecule has 1 amide bonds. The molecule has 0 bridgehead atoms. The number of hydrogen-bond donors (Lipinski definition) is 2. The molecule has 5 nitrogen and oxygen atoms in total. The Labute approximate surface area is 112 Å². The van der Waals surface area contributed by atoms with E-state index in [2.05, 4.69) is 10.3 Å². The SMILES string of the molecule is CC(C)C(C)NC(=O)c1ccncc1C=CC(=O)O. The van der Waals surface area contributed by atoms with Crippen LogP contribution in [0.2, 0.25) is 0 Å². The van der Waals surface area contributed by atoms with Crippen LogP contribution in [0.5, 0.6) is 0 Å². The van der Waals surface area contributed by atoms with Gasteiger partial charge in [0.05, 0.1) is 0 Å². The molecule has 1 aromatic rings. The summed E-state index contributed by atoms with van der Waals surface area (Å²) in [6.45, 7) is 5.96. The van der Waals surface area contributed by atoms with E-state index in [9.17, 15) is 9.59 Å². The molecular formula is C14H18N2O3. The van der Waals surface area contributed by atoms with Crippen LogP contribution in [-0.4, -0.2) is 28.0 Å². The first kappa shape index (κ1) is 14.9. The van der Waals surface area contributed by atoms with E-state index in [1.165, 1.54) is 18.5 Å². The highest BCUT2D eigenvalue weighted by molar-refractivity contribution is 5.98. The summed E-state index contributed by atoms with van der Waals surface area (Å²) in [5, 5.41) is 11.5. The molecule has 0 fully saturated rings. The van der Waals surface area contributed by atoms with Crippen molar-refractivity contribution in [1.82, 2.24) is 10.3 Å². The van der Waals surface area contributed by atoms with Gasteiger partial charge < -0.3 is 10.4 Å². The number of aromatic nitrogens is 1. The fraction of sp³-hybridized carbons (Fsp3) is 0.357. The van der Waals surface area contributed by atoms with Crippen LogP contribution in [0.25, 0.3) is 6.08 Å². The summed E-state index contributed by atoms with van der Waals surface area (Å²) < 4.78 is 0. The van der Waals surface area contributed by atoms with Crippen molar-refractivity contribution in [1.29, 1.82) is 0 Å². The van der Waals surface area contributed by atoms with Crippen LogP contribution in [0.15, 0.2) is 24.5 Å². The first-order chi connectivity index (χ1) is 8.91.